The normalized spacial score (nSPS) is 22.2. The topological polar surface area (TPSA) is 44.8 Å². The summed E-state index contributed by atoms with van der Waals surface area (Å²) in [4.78, 5) is 0. The maximum absolute atomic E-state index is 14.2. The largest absolute Gasteiger partial charge is 0.496 e. The van der Waals surface area contributed by atoms with E-state index in [4.69, 9.17) is 14.2 Å². The molecule has 0 radical (unpaired) electrons. The van der Waals surface area contributed by atoms with Gasteiger partial charge >= 0.3 is 0 Å². The van der Waals surface area contributed by atoms with Crippen molar-refractivity contribution in [3.8, 4) is 28.4 Å². The SMILES string of the molecule is COc1cccc(OC)c1-c1cccc2c1P(=O)(C(C)(C)C)[C@@H](C)O2. The van der Waals surface area contributed by atoms with E-state index < -0.39 is 12.3 Å². The van der Waals surface area contributed by atoms with Crippen molar-refractivity contribution < 1.29 is 18.8 Å². The molecule has 2 aromatic carbocycles. The minimum absolute atomic E-state index is 0.357. The molecule has 1 aliphatic heterocycles. The fourth-order valence-electron chi connectivity index (χ4n) is 3.60. The summed E-state index contributed by atoms with van der Waals surface area (Å²) in [5, 5.41) is 0.376. The van der Waals surface area contributed by atoms with Gasteiger partial charge < -0.3 is 18.8 Å². The molecular weight excluding hydrogens is 335 g/mol. The molecule has 0 saturated carbocycles. The van der Waals surface area contributed by atoms with Gasteiger partial charge in [-0.3, -0.25) is 0 Å². The highest BCUT2D eigenvalue weighted by Gasteiger charge is 2.51. The van der Waals surface area contributed by atoms with E-state index in [1.54, 1.807) is 14.2 Å². The highest BCUT2D eigenvalue weighted by atomic mass is 31.2. The summed E-state index contributed by atoms with van der Waals surface area (Å²) in [5.74, 6) is 1.71. The quantitative estimate of drug-likeness (QED) is 0.731. The van der Waals surface area contributed by atoms with Gasteiger partial charge in [-0.2, -0.15) is 0 Å². The van der Waals surface area contributed by atoms with Gasteiger partial charge in [0.05, 0.1) is 25.1 Å². The highest BCUT2D eigenvalue weighted by Crippen LogP contribution is 2.67. The summed E-state index contributed by atoms with van der Waals surface area (Å²) in [6.07, 6.45) is 0. The van der Waals surface area contributed by atoms with Crippen LogP contribution in [0.25, 0.3) is 11.1 Å². The van der Waals surface area contributed by atoms with E-state index in [1.807, 2.05) is 64.1 Å². The van der Waals surface area contributed by atoms with Gasteiger partial charge in [-0.25, -0.2) is 0 Å². The zero-order valence-corrected chi connectivity index (χ0v) is 16.5. The summed E-state index contributed by atoms with van der Waals surface area (Å²) < 4.78 is 31.3. The molecule has 0 saturated heterocycles. The van der Waals surface area contributed by atoms with Crippen molar-refractivity contribution in [2.45, 2.75) is 38.7 Å². The lowest BCUT2D eigenvalue weighted by atomic mass is 10.0. The van der Waals surface area contributed by atoms with Crippen LogP contribution in [-0.4, -0.2) is 25.2 Å². The van der Waals surface area contributed by atoms with Gasteiger partial charge in [-0.1, -0.05) is 39.0 Å². The molecule has 25 heavy (non-hydrogen) atoms. The van der Waals surface area contributed by atoms with Gasteiger partial charge in [0.1, 0.15) is 17.2 Å². The summed E-state index contributed by atoms with van der Waals surface area (Å²) >= 11 is 0. The monoisotopic (exact) mass is 360 g/mol. The smallest absolute Gasteiger partial charge is 0.163 e. The van der Waals surface area contributed by atoms with Crippen molar-refractivity contribution in [2.75, 3.05) is 14.2 Å². The van der Waals surface area contributed by atoms with Crippen LogP contribution in [0.4, 0.5) is 0 Å². The highest BCUT2D eigenvalue weighted by molar-refractivity contribution is 7.74. The van der Waals surface area contributed by atoms with Crippen LogP contribution in [0, 0.1) is 0 Å². The Morgan fingerprint density at radius 2 is 1.56 bits per heavy atom. The minimum Gasteiger partial charge on any atom is -0.496 e. The molecule has 0 bridgehead atoms. The molecule has 2 atom stereocenters. The van der Waals surface area contributed by atoms with E-state index in [0.29, 0.717) is 17.2 Å². The third kappa shape index (κ3) is 2.55. The van der Waals surface area contributed by atoms with Crippen LogP contribution in [-0.2, 0) is 4.57 Å². The molecule has 0 aliphatic carbocycles. The second-order valence-electron chi connectivity index (χ2n) is 7.24. The number of benzene rings is 2. The molecule has 0 spiro atoms. The first-order chi connectivity index (χ1) is 11.8. The molecule has 2 aromatic rings. The predicted molar refractivity (Wildman–Crippen MR) is 102 cm³/mol. The van der Waals surface area contributed by atoms with E-state index >= 15 is 0 Å². The van der Waals surface area contributed by atoms with Crippen molar-refractivity contribution in [2.24, 2.45) is 0 Å². The number of fused-ring (bicyclic) bond motifs is 1. The molecule has 134 valence electrons. The predicted octanol–water partition coefficient (Wildman–Crippen LogP) is 4.90. The van der Waals surface area contributed by atoms with E-state index in [0.717, 1.165) is 16.4 Å². The first kappa shape index (κ1) is 17.9. The molecule has 0 fully saturated rings. The van der Waals surface area contributed by atoms with Gasteiger partial charge in [0, 0.05) is 10.7 Å². The molecule has 0 N–H and O–H groups in total. The lowest BCUT2D eigenvalue weighted by Crippen LogP contribution is -2.27. The summed E-state index contributed by atoms with van der Waals surface area (Å²) in [6, 6.07) is 11.4. The second-order valence-corrected chi connectivity index (χ2v) is 11.1. The zero-order valence-electron chi connectivity index (χ0n) is 15.6. The van der Waals surface area contributed by atoms with Gasteiger partial charge in [0.2, 0.25) is 0 Å². The number of methoxy groups -OCH3 is 2. The average Bonchev–Trinajstić information content (AvgIpc) is 2.86. The lowest BCUT2D eigenvalue weighted by molar-refractivity contribution is 0.303. The van der Waals surface area contributed by atoms with Crippen LogP contribution in [0.1, 0.15) is 27.7 Å². The van der Waals surface area contributed by atoms with Crippen LogP contribution < -0.4 is 19.5 Å². The Balaban J connectivity index is 2.38. The third-order valence-corrected chi connectivity index (χ3v) is 9.08. The fraction of sp³-hybridized carbons (Fsp3) is 0.400. The summed E-state index contributed by atoms with van der Waals surface area (Å²) in [5.41, 5.74) is 1.67. The summed E-state index contributed by atoms with van der Waals surface area (Å²) in [6.45, 7) is 7.94. The first-order valence-electron chi connectivity index (χ1n) is 8.37. The van der Waals surface area contributed by atoms with E-state index in [1.165, 1.54) is 0 Å². The summed E-state index contributed by atoms with van der Waals surface area (Å²) in [7, 11) is 0.426. The molecular formula is C20H25O4P. The standard InChI is InChI=1S/C20H25O4P/c1-13-24-17-12-7-9-14(19(17)25(13,21)20(2,3)4)18-15(22-5)10-8-11-16(18)23-6/h7-13H,1-6H3/t13-,25?/m0/s1. The Morgan fingerprint density at radius 1 is 1.00 bits per heavy atom. The molecule has 4 nitrogen and oxygen atoms in total. The van der Waals surface area contributed by atoms with Crippen LogP contribution in [0.15, 0.2) is 36.4 Å². The molecule has 0 aromatic heterocycles. The third-order valence-electron chi connectivity index (χ3n) is 4.83. The Morgan fingerprint density at radius 3 is 2.08 bits per heavy atom. The Hall–Kier alpha value is -1.93. The minimum atomic E-state index is -2.83. The Kier molecular flexibility index (Phi) is 4.36. The second kappa shape index (κ2) is 6.10. The van der Waals surface area contributed by atoms with Crippen molar-refractivity contribution in [1.29, 1.82) is 0 Å². The van der Waals surface area contributed by atoms with Crippen molar-refractivity contribution >= 4 is 12.4 Å². The fourth-order valence-corrected chi connectivity index (χ4v) is 6.99. The zero-order chi connectivity index (χ0) is 18.4. The van der Waals surface area contributed by atoms with E-state index in [-0.39, 0.29) is 5.85 Å². The average molecular weight is 360 g/mol. The molecule has 1 unspecified atom stereocenters. The number of hydrogen-bond acceptors (Lipinski definition) is 4. The maximum Gasteiger partial charge on any atom is 0.163 e. The molecule has 5 heteroatoms. The number of rotatable bonds is 3. The van der Waals surface area contributed by atoms with Crippen molar-refractivity contribution in [1.82, 2.24) is 0 Å². The van der Waals surface area contributed by atoms with Gasteiger partial charge in [-0.05, 0) is 25.1 Å². The molecule has 0 amide bonds. The van der Waals surface area contributed by atoms with Gasteiger partial charge in [0.15, 0.2) is 13.0 Å². The Labute approximate surface area is 149 Å². The van der Waals surface area contributed by atoms with Crippen LogP contribution in [0.2, 0.25) is 0 Å². The van der Waals surface area contributed by atoms with E-state index in [9.17, 15) is 4.57 Å². The Bertz CT molecular complexity index is 829. The lowest BCUT2D eigenvalue weighted by Gasteiger charge is -2.31. The molecule has 1 heterocycles. The number of ether oxygens (including phenoxy) is 3. The van der Waals surface area contributed by atoms with Crippen LogP contribution in [0.5, 0.6) is 17.2 Å². The maximum atomic E-state index is 14.2. The van der Waals surface area contributed by atoms with Gasteiger partial charge in [-0.15, -0.1) is 0 Å². The number of hydrogen-bond donors (Lipinski definition) is 0. The molecule has 1 aliphatic rings. The van der Waals surface area contributed by atoms with Gasteiger partial charge in [0.25, 0.3) is 0 Å². The molecule has 3 rings (SSSR count). The van der Waals surface area contributed by atoms with Crippen molar-refractivity contribution in [3.63, 3.8) is 0 Å². The van der Waals surface area contributed by atoms with Crippen molar-refractivity contribution in [3.05, 3.63) is 36.4 Å². The van der Waals surface area contributed by atoms with Crippen LogP contribution >= 0.6 is 7.14 Å². The van der Waals surface area contributed by atoms with Crippen LogP contribution in [0.3, 0.4) is 0 Å². The first-order valence-corrected chi connectivity index (χ1v) is 10.1. The van der Waals surface area contributed by atoms with E-state index in [2.05, 4.69) is 0 Å².